The monoisotopic (exact) mass is 264 g/mol. The van der Waals surface area contributed by atoms with Gasteiger partial charge in [-0.25, -0.2) is 0 Å². The molecule has 0 aliphatic carbocycles. The van der Waals surface area contributed by atoms with Crippen LogP contribution in [0.5, 0.6) is 0 Å². The minimum absolute atomic E-state index is 0.982. The predicted molar refractivity (Wildman–Crippen MR) is 75.7 cm³/mol. The second-order valence-corrected chi connectivity index (χ2v) is 6.26. The molecule has 0 saturated heterocycles. The summed E-state index contributed by atoms with van der Waals surface area (Å²) in [6, 6.07) is 8.47. The molecular weight excluding hydrogens is 248 g/mol. The summed E-state index contributed by atoms with van der Waals surface area (Å²) in [5.41, 5.74) is 0. The van der Waals surface area contributed by atoms with E-state index in [4.69, 9.17) is 0 Å². The van der Waals surface area contributed by atoms with Gasteiger partial charge in [0, 0.05) is 45.9 Å². The SMILES string of the molecule is Cc1ccc(CNCCSc2ccncc2)s1. The fourth-order valence-corrected chi connectivity index (χ4v) is 3.12. The van der Waals surface area contributed by atoms with Gasteiger partial charge in [-0.05, 0) is 31.2 Å². The Morgan fingerprint density at radius 2 is 2.06 bits per heavy atom. The maximum Gasteiger partial charge on any atom is 0.0300 e. The lowest BCUT2D eigenvalue weighted by atomic mass is 10.4. The van der Waals surface area contributed by atoms with Crippen molar-refractivity contribution in [1.29, 1.82) is 0 Å². The van der Waals surface area contributed by atoms with Gasteiger partial charge in [-0.3, -0.25) is 4.98 Å². The largest absolute Gasteiger partial charge is 0.311 e. The third-order valence-electron chi connectivity index (χ3n) is 2.29. The first kappa shape index (κ1) is 12.6. The van der Waals surface area contributed by atoms with Crippen LogP contribution in [0.25, 0.3) is 0 Å². The molecule has 0 aliphatic heterocycles. The molecule has 0 aromatic carbocycles. The van der Waals surface area contributed by atoms with Crippen molar-refractivity contribution in [1.82, 2.24) is 10.3 Å². The number of hydrogen-bond donors (Lipinski definition) is 1. The van der Waals surface area contributed by atoms with E-state index in [0.717, 1.165) is 18.8 Å². The Kier molecular flexibility index (Phi) is 5.04. The van der Waals surface area contributed by atoms with Gasteiger partial charge < -0.3 is 5.32 Å². The molecule has 4 heteroatoms. The zero-order valence-corrected chi connectivity index (χ0v) is 11.5. The Hall–Kier alpha value is -0.840. The van der Waals surface area contributed by atoms with Crippen molar-refractivity contribution >= 4 is 23.1 Å². The van der Waals surface area contributed by atoms with E-state index in [0.29, 0.717) is 0 Å². The van der Waals surface area contributed by atoms with E-state index in [1.165, 1.54) is 14.6 Å². The standard InChI is InChI=1S/C13H16N2S2/c1-11-2-3-13(17-11)10-15-8-9-16-12-4-6-14-7-5-12/h2-7,15H,8-10H2,1H3. The quantitative estimate of drug-likeness (QED) is 0.640. The lowest BCUT2D eigenvalue weighted by Crippen LogP contribution is -2.15. The molecule has 0 amide bonds. The highest BCUT2D eigenvalue weighted by atomic mass is 32.2. The molecule has 0 bridgehead atoms. The minimum Gasteiger partial charge on any atom is -0.311 e. The van der Waals surface area contributed by atoms with Gasteiger partial charge in [0.1, 0.15) is 0 Å². The van der Waals surface area contributed by atoms with Crippen LogP contribution in [0.3, 0.4) is 0 Å². The Balaban J connectivity index is 1.61. The van der Waals surface area contributed by atoms with Crippen molar-refractivity contribution in [2.75, 3.05) is 12.3 Å². The molecule has 0 fully saturated rings. The Morgan fingerprint density at radius 3 is 2.76 bits per heavy atom. The van der Waals surface area contributed by atoms with E-state index in [2.05, 4.69) is 29.4 Å². The molecule has 2 heterocycles. The van der Waals surface area contributed by atoms with Gasteiger partial charge in [0.05, 0.1) is 0 Å². The zero-order chi connectivity index (χ0) is 11.9. The number of aryl methyl sites for hydroxylation is 1. The summed E-state index contributed by atoms with van der Waals surface area (Å²) in [5.74, 6) is 1.09. The molecule has 0 spiro atoms. The average molecular weight is 264 g/mol. The summed E-state index contributed by atoms with van der Waals surface area (Å²) in [5, 5.41) is 3.46. The van der Waals surface area contributed by atoms with Gasteiger partial charge in [0.2, 0.25) is 0 Å². The van der Waals surface area contributed by atoms with Crippen LogP contribution < -0.4 is 5.32 Å². The zero-order valence-electron chi connectivity index (χ0n) is 9.85. The molecule has 2 aromatic heterocycles. The highest BCUT2D eigenvalue weighted by molar-refractivity contribution is 7.99. The lowest BCUT2D eigenvalue weighted by molar-refractivity contribution is 0.741. The number of thioether (sulfide) groups is 1. The van der Waals surface area contributed by atoms with Crippen molar-refractivity contribution in [3.63, 3.8) is 0 Å². The lowest BCUT2D eigenvalue weighted by Gasteiger charge is -2.03. The number of nitrogens with one attached hydrogen (secondary N) is 1. The molecule has 17 heavy (non-hydrogen) atoms. The molecule has 1 N–H and O–H groups in total. The summed E-state index contributed by atoms with van der Waals surface area (Å²) in [6.45, 7) is 4.16. The van der Waals surface area contributed by atoms with Gasteiger partial charge in [0.25, 0.3) is 0 Å². The Labute approximate surface area is 110 Å². The fourth-order valence-electron chi connectivity index (χ4n) is 1.47. The van der Waals surface area contributed by atoms with Crippen LogP contribution in [0.2, 0.25) is 0 Å². The summed E-state index contributed by atoms with van der Waals surface area (Å²) in [7, 11) is 0. The van der Waals surface area contributed by atoms with Gasteiger partial charge in [-0.1, -0.05) is 0 Å². The van der Waals surface area contributed by atoms with E-state index in [1.54, 1.807) is 0 Å². The third-order valence-corrected chi connectivity index (χ3v) is 4.31. The highest BCUT2D eigenvalue weighted by Crippen LogP contribution is 2.16. The number of thiophene rings is 1. The van der Waals surface area contributed by atoms with Gasteiger partial charge in [-0.15, -0.1) is 23.1 Å². The molecule has 0 radical (unpaired) electrons. The number of rotatable bonds is 6. The first-order valence-corrected chi connectivity index (χ1v) is 7.43. The van der Waals surface area contributed by atoms with Gasteiger partial charge in [-0.2, -0.15) is 0 Å². The number of aromatic nitrogens is 1. The van der Waals surface area contributed by atoms with Crippen LogP contribution in [-0.2, 0) is 6.54 Å². The summed E-state index contributed by atoms with van der Waals surface area (Å²) in [6.07, 6.45) is 3.67. The minimum atomic E-state index is 0.982. The number of pyridine rings is 1. The Bertz CT molecular complexity index is 440. The smallest absolute Gasteiger partial charge is 0.0300 e. The number of hydrogen-bond acceptors (Lipinski definition) is 4. The normalized spacial score (nSPS) is 10.6. The van der Waals surface area contributed by atoms with Crippen LogP contribution in [0.15, 0.2) is 41.6 Å². The van der Waals surface area contributed by atoms with E-state index in [1.807, 2.05) is 47.6 Å². The van der Waals surface area contributed by atoms with Crippen LogP contribution >= 0.6 is 23.1 Å². The first-order valence-electron chi connectivity index (χ1n) is 5.63. The molecular formula is C13H16N2S2. The van der Waals surface area contributed by atoms with E-state index >= 15 is 0 Å². The molecule has 90 valence electrons. The predicted octanol–water partition coefficient (Wildman–Crippen LogP) is 3.33. The van der Waals surface area contributed by atoms with Crippen LogP contribution in [-0.4, -0.2) is 17.3 Å². The molecule has 0 atom stereocenters. The van der Waals surface area contributed by atoms with Crippen molar-refractivity contribution in [3.05, 3.63) is 46.4 Å². The molecule has 0 saturated carbocycles. The van der Waals surface area contributed by atoms with Gasteiger partial charge >= 0.3 is 0 Å². The van der Waals surface area contributed by atoms with Crippen molar-refractivity contribution in [2.45, 2.75) is 18.4 Å². The molecule has 2 aromatic rings. The first-order chi connectivity index (χ1) is 8.34. The maximum atomic E-state index is 4.00. The summed E-state index contributed by atoms with van der Waals surface area (Å²) < 4.78 is 0. The molecule has 2 rings (SSSR count). The van der Waals surface area contributed by atoms with Crippen molar-refractivity contribution < 1.29 is 0 Å². The second kappa shape index (κ2) is 6.79. The van der Waals surface area contributed by atoms with E-state index in [9.17, 15) is 0 Å². The van der Waals surface area contributed by atoms with E-state index < -0.39 is 0 Å². The second-order valence-electron chi connectivity index (χ2n) is 3.72. The van der Waals surface area contributed by atoms with Crippen LogP contribution in [0, 0.1) is 6.92 Å². The highest BCUT2D eigenvalue weighted by Gasteiger charge is 1.96. The van der Waals surface area contributed by atoms with Crippen LogP contribution in [0.4, 0.5) is 0 Å². The molecule has 0 aliphatic rings. The van der Waals surface area contributed by atoms with Crippen molar-refractivity contribution in [3.8, 4) is 0 Å². The summed E-state index contributed by atoms with van der Waals surface area (Å²) in [4.78, 5) is 8.09. The number of nitrogens with zero attached hydrogens (tertiary/aromatic N) is 1. The topological polar surface area (TPSA) is 24.9 Å². The van der Waals surface area contributed by atoms with Crippen molar-refractivity contribution in [2.24, 2.45) is 0 Å². The average Bonchev–Trinajstić information content (AvgIpc) is 2.76. The van der Waals surface area contributed by atoms with Crippen LogP contribution in [0.1, 0.15) is 9.75 Å². The molecule has 2 nitrogen and oxygen atoms in total. The Morgan fingerprint density at radius 1 is 1.24 bits per heavy atom. The maximum absolute atomic E-state index is 4.00. The fraction of sp³-hybridized carbons (Fsp3) is 0.308. The van der Waals surface area contributed by atoms with E-state index in [-0.39, 0.29) is 0 Å². The molecule has 0 unspecified atom stereocenters. The summed E-state index contributed by atoms with van der Waals surface area (Å²) >= 11 is 3.73. The van der Waals surface area contributed by atoms with Gasteiger partial charge in [0.15, 0.2) is 0 Å². The third kappa shape index (κ3) is 4.50.